The van der Waals surface area contributed by atoms with E-state index in [1.54, 1.807) is 12.4 Å². The molecule has 0 aromatic carbocycles. The van der Waals surface area contributed by atoms with E-state index in [0.29, 0.717) is 0 Å². The fourth-order valence-corrected chi connectivity index (χ4v) is 1.96. The minimum atomic E-state index is 0.769. The predicted molar refractivity (Wildman–Crippen MR) is 78.0 cm³/mol. The van der Waals surface area contributed by atoms with Gasteiger partial charge in [0.15, 0.2) is 0 Å². The molecule has 0 amide bonds. The molecule has 0 aliphatic rings. The Balaban J connectivity index is 1.96. The van der Waals surface area contributed by atoms with Crippen molar-refractivity contribution in [1.29, 1.82) is 0 Å². The maximum Gasteiger partial charge on any atom is 0.111 e. The van der Waals surface area contributed by atoms with Crippen molar-refractivity contribution < 1.29 is 0 Å². The van der Waals surface area contributed by atoms with Crippen molar-refractivity contribution in [2.45, 2.75) is 13.8 Å². The summed E-state index contributed by atoms with van der Waals surface area (Å²) in [6, 6.07) is 11.8. The molecule has 0 radical (unpaired) electrons. The van der Waals surface area contributed by atoms with Crippen molar-refractivity contribution in [3.05, 3.63) is 59.9 Å². The van der Waals surface area contributed by atoms with Crippen LogP contribution < -0.4 is 0 Å². The molecule has 0 bridgehead atoms. The molecule has 0 spiro atoms. The molecular weight excluding hydrogens is 248 g/mol. The molecule has 4 heteroatoms. The molecule has 0 saturated heterocycles. The summed E-state index contributed by atoms with van der Waals surface area (Å²) in [5.74, 6) is 0. The highest BCUT2D eigenvalue weighted by atomic mass is 15.1. The lowest BCUT2D eigenvalue weighted by Gasteiger charge is -2.03. The van der Waals surface area contributed by atoms with E-state index in [2.05, 4.69) is 20.2 Å². The van der Waals surface area contributed by atoms with Gasteiger partial charge in [0.2, 0.25) is 0 Å². The zero-order valence-corrected chi connectivity index (χ0v) is 11.4. The molecule has 20 heavy (non-hydrogen) atoms. The Hall–Kier alpha value is -2.62. The number of hydrogen-bond donors (Lipinski definition) is 0. The van der Waals surface area contributed by atoms with Gasteiger partial charge in [-0.2, -0.15) is 0 Å². The number of rotatable bonds is 2. The zero-order valence-electron chi connectivity index (χ0n) is 11.4. The van der Waals surface area contributed by atoms with E-state index < -0.39 is 0 Å². The average Bonchev–Trinajstić information content (AvgIpc) is 2.47. The molecule has 0 aliphatic heterocycles. The van der Waals surface area contributed by atoms with Gasteiger partial charge in [0.05, 0.1) is 11.4 Å². The lowest BCUT2D eigenvalue weighted by Crippen LogP contribution is -1.94. The quantitative estimate of drug-likeness (QED) is 0.711. The van der Waals surface area contributed by atoms with E-state index in [1.165, 1.54) is 0 Å². The highest BCUT2D eigenvalue weighted by Crippen LogP contribution is 2.18. The average molecular weight is 262 g/mol. The SMILES string of the molecule is Cc1ccnc(-c2ccc(-c3cc(C)ccn3)nn2)c1. The molecule has 0 aliphatic carbocycles. The Morgan fingerprint density at radius 2 is 1.05 bits per heavy atom. The summed E-state index contributed by atoms with van der Waals surface area (Å²) in [7, 11) is 0. The van der Waals surface area contributed by atoms with Crippen molar-refractivity contribution in [2.75, 3.05) is 0 Å². The van der Waals surface area contributed by atoms with E-state index in [0.717, 1.165) is 33.9 Å². The van der Waals surface area contributed by atoms with Gasteiger partial charge in [0.25, 0.3) is 0 Å². The molecule has 0 unspecified atom stereocenters. The van der Waals surface area contributed by atoms with Crippen LogP contribution in [0.2, 0.25) is 0 Å². The van der Waals surface area contributed by atoms with Crippen LogP contribution in [0.4, 0.5) is 0 Å². The second kappa shape index (κ2) is 5.17. The van der Waals surface area contributed by atoms with Gasteiger partial charge in [0.1, 0.15) is 11.4 Å². The molecule has 0 atom stereocenters. The number of aryl methyl sites for hydroxylation is 2. The second-order valence-corrected chi connectivity index (χ2v) is 4.74. The smallest absolute Gasteiger partial charge is 0.111 e. The molecule has 3 aromatic heterocycles. The molecule has 3 aromatic rings. The fourth-order valence-electron chi connectivity index (χ4n) is 1.96. The topological polar surface area (TPSA) is 51.6 Å². The molecule has 98 valence electrons. The molecule has 0 saturated carbocycles. The summed E-state index contributed by atoms with van der Waals surface area (Å²) in [5, 5.41) is 8.49. The number of nitrogens with zero attached hydrogens (tertiary/aromatic N) is 4. The van der Waals surface area contributed by atoms with Crippen LogP contribution >= 0.6 is 0 Å². The first kappa shape index (κ1) is 12.4. The van der Waals surface area contributed by atoms with Gasteiger partial charge in [0, 0.05) is 12.4 Å². The highest BCUT2D eigenvalue weighted by Gasteiger charge is 2.05. The van der Waals surface area contributed by atoms with Gasteiger partial charge in [-0.1, -0.05) is 0 Å². The van der Waals surface area contributed by atoms with Crippen molar-refractivity contribution in [2.24, 2.45) is 0 Å². The van der Waals surface area contributed by atoms with Gasteiger partial charge in [-0.05, 0) is 61.4 Å². The summed E-state index contributed by atoms with van der Waals surface area (Å²) in [6.45, 7) is 4.06. The first-order chi connectivity index (χ1) is 9.72. The van der Waals surface area contributed by atoms with E-state index in [4.69, 9.17) is 0 Å². The molecule has 3 heterocycles. The normalized spacial score (nSPS) is 10.5. The van der Waals surface area contributed by atoms with E-state index in [9.17, 15) is 0 Å². The third-order valence-corrected chi connectivity index (χ3v) is 3.02. The molecule has 0 fully saturated rings. The number of aromatic nitrogens is 4. The largest absolute Gasteiger partial charge is 0.255 e. The van der Waals surface area contributed by atoms with Crippen LogP contribution in [0.15, 0.2) is 48.8 Å². The Kier molecular flexibility index (Phi) is 3.21. The van der Waals surface area contributed by atoms with Gasteiger partial charge < -0.3 is 0 Å². The Bertz CT molecular complexity index is 671. The Morgan fingerprint density at radius 1 is 0.600 bits per heavy atom. The highest BCUT2D eigenvalue weighted by molar-refractivity contribution is 5.59. The predicted octanol–water partition coefficient (Wildman–Crippen LogP) is 3.22. The standard InChI is InChI=1S/C16H14N4/c1-11-5-7-17-15(9-11)13-3-4-14(20-19-13)16-10-12(2)6-8-18-16/h3-10H,1-2H3. The number of pyridine rings is 2. The maximum absolute atomic E-state index is 4.31. The van der Waals surface area contributed by atoms with Crippen LogP contribution in [0.1, 0.15) is 11.1 Å². The Morgan fingerprint density at radius 3 is 1.40 bits per heavy atom. The summed E-state index contributed by atoms with van der Waals surface area (Å²) < 4.78 is 0. The van der Waals surface area contributed by atoms with Crippen molar-refractivity contribution in [3.63, 3.8) is 0 Å². The van der Waals surface area contributed by atoms with Crippen LogP contribution in [-0.4, -0.2) is 20.2 Å². The van der Waals surface area contributed by atoms with E-state index in [-0.39, 0.29) is 0 Å². The first-order valence-corrected chi connectivity index (χ1v) is 6.42. The van der Waals surface area contributed by atoms with Crippen LogP contribution in [0, 0.1) is 13.8 Å². The minimum absolute atomic E-state index is 0.769. The summed E-state index contributed by atoms with van der Waals surface area (Å²) >= 11 is 0. The van der Waals surface area contributed by atoms with Crippen molar-refractivity contribution in [3.8, 4) is 22.8 Å². The molecule has 3 rings (SSSR count). The van der Waals surface area contributed by atoms with Crippen LogP contribution in [0.25, 0.3) is 22.8 Å². The van der Waals surface area contributed by atoms with Gasteiger partial charge in [-0.25, -0.2) is 0 Å². The summed E-state index contributed by atoms with van der Waals surface area (Å²) in [4.78, 5) is 8.62. The third kappa shape index (κ3) is 2.54. The van der Waals surface area contributed by atoms with Crippen LogP contribution in [-0.2, 0) is 0 Å². The van der Waals surface area contributed by atoms with Crippen molar-refractivity contribution in [1.82, 2.24) is 20.2 Å². The number of hydrogen-bond acceptors (Lipinski definition) is 4. The van der Waals surface area contributed by atoms with E-state index >= 15 is 0 Å². The summed E-state index contributed by atoms with van der Waals surface area (Å²) in [6.07, 6.45) is 3.56. The lowest BCUT2D eigenvalue weighted by atomic mass is 10.1. The maximum atomic E-state index is 4.31. The zero-order chi connectivity index (χ0) is 13.9. The van der Waals surface area contributed by atoms with Gasteiger partial charge >= 0.3 is 0 Å². The molecule has 0 N–H and O–H groups in total. The Labute approximate surface area is 117 Å². The van der Waals surface area contributed by atoms with Crippen LogP contribution in [0.5, 0.6) is 0 Å². The van der Waals surface area contributed by atoms with E-state index in [1.807, 2.05) is 50.2 Å². The summed E-state index contributed by atoms with van der Waals surface area (Å²) in [5.41, 5.74) is 5.51. The van der Waals surface area contributed by atoms with Crippen molar-refractivity contribution >= 4 is 0 Å². The monoisotopic (exact) mass is 262 g/mol. The van der Waals surface area contributed by atoms with Crippen LogP contribution in [0.3, 0.4) is 0 Å². The van der Waals surface area contributed by atoms with Gasteiger partial charge in [-0.15, -0.1) is 10.2 Å². The first-order valence-electron chi connectivity index (χ1n) is 6.42. The lowest BCUT2D eigenvalue weighted by molar-refractivity contribution is 1.02. The fraction of sp³-hybridized carbons (Fsp3) is 0.125. The molecular formula is C16H14N4. The van der Waals surface area contributed by atoms with Gasteiger partial charge in [-0.3, -0.25) is 9.97 Å². The minimum Gasteiger partial charge on any atom is -0.255 e. The second-order valence-electron chi connectivity index (χ2n) is 4.74. The molecule has 4 nitrogen and oxygen atoms in total. The third-order valence-electron chi connectivity index (χ3n) is 3.02.